The highest BCUT2D eigenvalue weighted by Crippen LogP contribution is 2.46. The number of anilines is 3. The van der Waals surface area contributed by atoms with Gasteiger partial charge in [0.2, 0.25) is 11.8 Å². The van der Waals surface area contributed by atoms with Crippen LogP contribution in [0.25, 0.3) is 10.9 Å². The molecule has 0 spiro atoms. The number of benzene rings is 2. The lowest BCUT2D eigenvalue weighted by molar-refractivity contribution is -0.137. The standard InChI is InChI=1S/C44H53N11O5/c1-51-19-20-55(44(51)59)30-3-2-15-53(25-30)36-23-46-40(41(45)57)42(48-36)47-29-6-4-27(5-7-29)28-12-16-52(17-13-28)24-26-21-31(22-26)54-18-14-32-34(54)9-10-35-38(32)39(50-60-35)33-8-11-37(56)49-43(33)58/h4-7,9-10,14,18,23,26,28,30-31,33,39,50H,2-3,8,11-13,15-17,19-22,24-25H2,1H3,(H2,45,57)(H,47,48)(H,49,56,58)/t26?,30-,31?,33?,39?/m1/s1. The topological polar surface area (TPSA) is 183 Å². The van der Waals surface area contributed by atoms with E-state index in [4.69, 9.17) is 15.6 Å². The smallest absolute Gasteiger partial charge is 0.320 e. The number of piperidine rings is 3. The van der Waals surface area contributed by atoms with Crippen molar-refractivity contribution in [3.8, 4) is 5.75 Å². The van der Waals surface area contributed by atoms with Gasteiger partial charge in [0.25, 0.3) is 5.91 Å². The van der Waals surface area contributed by atoms with E-state index < -0.39 is 5.91 Å². The van der Waals surface area contributed by atoms with Crippen LogP contribution in [0.15, 0.2) is 54.9 Å². The summed E-state index contributed by atoms with van der Waals surface area (Å²) < 4.78 is 2.40. The lowest BCUT2D eigenvalue weighted by Gasteiger charge is -2.41. The molecule has 6 aliphatic rings. The first-order valence-corrected chi connectivity index (χ1v) is 21.6. The first kappa shape index (κ1) is 38.5. The molecule has 5 aliphatic heterocycles. The molecule has 314 valence electrons. The Morgan fingerprint density at radius 2 is 1.77 bits per heavy atom. The van der Waals surface area contributed by atoms with Gasteiger partial charge >= 0.3 is 6.03 Å². The van der Waals surface area contributed by atoms with Crippen molar-refractivity contribution in [2.75, 3.05) is 63.1 Å². The van der Waals surface area contributed by atoms with Crippen LogP contribution in [0.2, 0.25) is 0 Å². The van der Waals surface area contributed by atoms with Crippen LogP contribution in [0, 0.1) is 11.8 Å². The number of likely N-dealkylation sites (tertiary alicyclic amines) is 1. The molecular weight excluding hydrogens is 763 g/mol. The molecule has 16 heteroatoms. The molecule has 60 heavy (non-hydrogen) atoms. The van der Waals surface area contributed by atoms with Gasteiger partial charge in [-0.3, -0.25) is 19.7 Å². The van der Waals surface area contributed by atoms with Gasteiger partial charge in [0, 0.05) is 80.6 Å². The van der Waals surface area contributed by atoms with E-state index in [0.29, 0.717) is 48.9 Å². The molecular formula is C44H53N11O5. The monoisotopic (exact) mass is 815 g/mol. The van der Waals surface area contributed by atoms with Gasteiger partial charge in [-0.15, -0.1) is 5.48 Å². The maximum absolute atomic E-state index is 12.7. The zero-order chi connectivity index (χ0) is 41.1. The van der Waals surface area contributed by atoms with Gasteiger partial charge in [-0.1, -0.05) is 12.1 Å². The minimum absolute atomic E-state index is 0.0720. The third kappa shape index (κ3) is 7.18. The molecule has 2 aromatic carbocycles. The second-order valence-electron chi connectivity index (χ2n) is 17.6. The van der Waals surface area contributed by atoms with E-state index in [1.54, 1.807) is 11.1 Å². The fourth-order valence-electron chi connectivity index (χ4n) is 10.6. The van der Waals surface area contributed by atoms with Crippen molar-refractivity contribution < 1.29 is 24.0 Å². The van der Waals surface area contributed by atoms with Crippen molar-refractivity contribution in [2.45, 2.75) is 75.4 Å². The summed E-state index contributed by atoms with van der Waals surface area (Å²) in [6.45, 7) is 6.19. The van der Waals surface area contributed by atoms with Crippen molar-refractivity contribution in [3.63, 3.8) is 0 Å². The van der Waals surface area contributed by atoms with Crippen molar-refractivity contribution in [3.05, 3.63) is 71.7 Å². The lowest BCUT2D eigenvalue weighted by atomic mass is 9.79. The van der Waals surface area contributed by atoms with Crippen LogP contribution < -0.4 is 31.6 Å². The number of hydrogen-bond donors (Lipinski definition) is 4. The number of nitrogens with zero attached hydrogens (tertiary/aromatic N) is 7. The predicted molar refractivity (Wildman–Crippen MR) is 225 cm³/mol. The Kier molecular flexibility index (Phi) is 10.1. The number of amides is 5. The molecule has 2 unspecified atom stereocenters. The number of urea groups is 1. The number of rotatable bonds is 10. The third-order valence-electron chi connectivity index (χ3n) is 14.0. The Balaban J connectivity index is 0.723. The van der Waals surface area contributed by atoms with Crippen LogP contribution in [-0.2, 0) is 9.59 Å². The highest BCUT2D eigenvalue weighted by molar-refractivity contribution is 6.00. The van der Waals surface area contributed by atoms with E-state index in [0.717, 1.165) is 106 Å². The van der Waals surface area contributed by atoms with Crippen LogP contribution in [0.4, 0.5) is 22.1 Å². The van der Waals surface area contributed by atoms with E-state index in [1.807, 2.05) is 30.1 Å². The van der Waals surface area contributed by atoms with Crippen LogP contribution in [0.3, 0.4) is 0 Å². The second kappa shape index (κ2) is 15.7. The number of carbonyl (C=O) groups excluding carboxylic acids is 4. The zero-order valence-corrected chi connectivity index (χ0v) is 34.0. The Morgan fingerprint density at radius 1 is 0.950 bits per heavy atom. The molecule has 0 bridgehead atoms. The summed E-state index contributed by atoms with van der Waals surface area (Å²) in [5.74, 6) is 1.43. The summed E-state index contributed by atoms with van der Waals surface area (Å²) in [5, 5.41) is 6.92. The molecule has 5 amide bonds. The SMILES string of the molecule is CN1CCN([C@@H]2CCCN(c3cnc(C(N)=O)c(Nc4ccc(C5CCN(CC6CC(n7ccc8c9c(ccc87)ONC9C7CCC(=O)NC7=O)C6)CC5)cc4)n3)C2)C1=O. The second-order valence-corrected chi connectivity index (χ2v) is 17.6. The van der Waals surface area contributed by atoms with Crippen molar-refractivity contribution in [1.29, 1.82) is 0 Å². The van der Waals surface area contributed by atoms with E-state index in [9.17, 15) is 19.2 Å². The summed E-state index contributed by atoms with van der Waals surface area (Å²) >= 11 is 0. The van der Waals surface area contributed by atoms with Gasteiger partial charge in [-0.2, -0.15) is 0 Å². The predicted octanol–water partition coefficient (Wildman–Crippen LogP) is 4.43. The first-order valence-electron chi connectivity index (χ1n) is 21.6. The molecule has 1 saturated carbocycles. The van der Waals surface area contributed by atoms with Crippen LogP contribution >= 0.6 is 0 Å². The number of nitrogens with one attached hydrogen (secondary N) is 3. The largest absolute Gasteiger partial charge is 0.408 e. The number of likely N-dealkylation sites (N-methyl/N-ethyl adjacent to an activating group) is 1. The Labute approximate surface area is 348 Å². The highest BCUT2D eigenvalue weighted by atomic mass is 16.7. The van der Waals surface area contributed by atoms with Gasteiger partial charge in [-0.05, 0) is 106 Å². The zero-order valence-electron chi connectivity index (χ0n) is 34.0. The molecule has 1 aliphatic carbocycles. The number of fused-ring (bicyclic) bond motifs is 3. The summed E-state index contributed by atoms with van der Waals surface area (Å²) in [4.78, 5) is 73.1. The highest BCUT2D eigenvalue weighted by Gasteiger charge is 2.41. The quantitative estimate of drug-likeness (QED) is 0.166. The Hall–Kier alpha value is -5.74. The number of imide groups is 1. The minimum Gasteiger partial charge on any atom is -0.408 e. The van der Waals surface area contributed by atoms with Crippen LogP contribution in [0.5, 0.6) is 5.75 Å². The molecule has 16 nitrogen and oxygen atoms in total. The summed E-state index contributed by atoms with van der Waals surface area (Å²) in [6.07, 6.45) is 11.0. The Bertz CT molecular complexity index is 2320. The van der Waals surface area contributed by atoms with Crippen LogP contribution in [-0.4, -0.2) is 112 Å². The third-order valence-corrected chi connectivity index (χ3v) is 14.0. The summed E-state index contributed by atoms with van der Waals surface area (Å²) in [7, 11) is 1.84. The maximum atomic E-state index is 12.7. The molecule has 5 fully saturated rings. The van der Waals surface area contributed by atoms with Crippen molar-refractivity contribution >= 4 is 52.0 Å². The number of primary amides is 1. The van der Waals surface area contributed by atoms with Crippen molar-refractivity contribution in [1.82, 2.24) is 40.0 Å². The Morgan fingerprint density at radius 3 is 2.52 bits per heavy atom. The number of nitrogens with two attached hydrogens (primary N) is 1. The summed E-state index contributed by atoms with van der Waals surface area (Å²) in [6, 6.07) is 15.0. The maximum Gasteiger partial charge on any atom is 0.320 e. The minimum atomic E-state index is -0.643. The molecule has 3 atom stereocenters. The first-order chi connectivity index (χ1) is 29.2. The number of carbonyl (C=O) groups is 4. The molecule has 5 N–H and O–H groups in total. The van der Waals surface area contributed by atoms with E-state index in [1.165, 1.54) is 5.56 Å². The molecule has 4 saturated heterocycles. The normalized spacial score (nSPS) is 26.2. The molecule has 0 radical (unpaired) electrons. The van der Waals surface area contributed by atoms with E-state index in [-0.39, 0.29) is 41.5 Å². The van der Waals surface area contributed by atoms with Gasteiger partial charge in [0.1, 0.15) is 5.82 Å². The molecule has 10 rings (SSSR count). The van der Waals surface area contributed by atoms with E-state index in [2.05, 4.69) is 65.9 Å². The van der Waals surface area contributed by atoms with Gasteiger partial charge in [0.05, 0.1) is 24.2 Å². The van der Waals surface area contributed by atoms with Crippen LogP contribution in [0.1, 0.15) is 91.0 Å². The molecule has 4 aromatic rings. The summed E-state index contributed by atoms with van der Waals surface area (Å²) in [5.41, 5.74) is 13.2. The van der Waals surface area contributed by atoms with Crippen molar-refractivity contribution in [2.24, 2.45) is 17.6 Å². The average Bonchev–Trinajstić information content (AvgIpc) is 3.96. The van der Waals surface area contributed by atoms with E-state index >= 15 is 0 Å². The fraction of sp³-hybridized carbons (Fsp3) is 0.500. The molecule has 7 heterocycles. The van der Waals surface area contributed by atoms with Gasteiger partial charge < -0.3 is 40.1 Å². The van der Waals surface area contributed by atoms with Gasteiger partial charge in [0.15, 0.2) is 17.3 Å². The fourth-order valence-corrected chi connectivity index (χ4v) is 10.6. The number of hydroxylamine groups is 1. The van der Waals surface area contributed by atoms with Gasteiger partial charge in [-0.25, -0.2) is 14.8 Å². The number of hydrogen-bond acceptors (Lipinski definition) is 11. The lowest BCUT2D eigenvalue weighted by Crippen LogP contribution is -2.49. The molecule has 2 aromatic heterocycles. The average molecular weight is 816 g/mol. The number of aromatic nitrogens is 3.